The lowest BCUT2D eigenvalue weighted by Crippen LogP contribution is -2.37. The highest BCUT2D eigenvalue weighted by Crippen LogP contribution is 2.53. The van der Waals surface area contributed by atoms with Gasteiger partial charge in [0.1, 0.15) is 5.69 Å². The molecule has 2 aromatic rings. The van der Waals surface area contributed by atoms with Gasteiger partial charge >= 0.3 is 0 Å². The molecule has 1 fully saturated rings. The van der Waals surface area contributed by atoms with Crippen molar-refractivity contribution in [1.29, 1.82) is 0 Å². The molecule has 180 valence electrons. The summed E-state index contributed by atoms with van der Waals surface area (Å²) in [6.07, 6.45) is 10.2. The van der Waals surface area contributed by atoms with E-state index in [9.17, 15) is 14.7 Å². The standard InChI is InChI=1S/C25H36N4O4/c1-24(2,3)25(12-6-4-7-13-25)14-9-10-18(16-21(30)31)23-28-20(29-33-23)17-27-22(32)19-11-5-8-15-26-19/h5,8,11,15,18H,4,6-7,9-10,12-14,16-17H2,1-3H3,(H,27,32)(H,30,31)/p-1. The number of rotatable bonds is 10. The van der Waals surface area contributed by atoms with E-state index in [1.54, 1.807) is 24.4 Å². The fraction of sp³-hybridized carbons (Fsp3) is 0.640. The number of aromatic nitrogens is 3. The van der Waals surface area contributed by atoms with Crippen LogP contribution in [-0.2, 0) is 11.3 Å². The van der Waals surface area contributed by atoms with Gasteiger partial charge in [-0.3, -0.25) is 9.78 Å². The molecule has 1 aliphatic carbocycles. The Morgan fingerprint density at radius 2 is 1.97 bits per heavy atom. The van der Waals surface area contributed by atoms with Crippen molar-refractivity contribution >= 4 is 11.9 Å². The summed E-state index contributed by atoms with van der Waals surface area (Å²) in [4.78, 5) is 31.9. The molecule has 1 saturated carbocycles. The maximum Gasteiger partial charge on any atom is 0.270 e. The van der Waals surface area contributed by atoms with E-state index in [0.717, 1.165) is 12.8 Å². The van der Waals surface area contributed by atoms with Crippen LogP contribution < -0.4 is 10.4 Å². The largest absolute Gasteiger partial charge is 0.550 e. The molecule has 1 atom stereocenters. The fourth-order valence-electron chi connectivity index (χ4n) is 5.06. The van der Waals surface area contributed by atoms with E-state index in [4.69, 9.17) is 4.52 Å². The average molecular weight is 456 g/mol. The summed E-state index contributed by atoms with van der Waals surface area (Å²) in [5.41, 5.74) is 0.792. The lowest BCUT2D eigenvalue weighted by molar-refractivity contribution is -0.306. The number of amides is 1. The Kier molecular flexibility index (Phi) is 8.21. The summed E-state index contributed by atoms with van der Waals surface area (Å²) in [6, 6.07) is 5.08. The molecule has 0 spiro atoms. The maximum absolute atomic E-state index is 12.2. The Labute approximate surface area is 195 Å². The first-order valence-corrected chi connectivity index (χ1v) is 11.9. The first-order chi connectivity index (χ1) is 15.7. The molecular weight excluding hydrogens is 420 g/mol. The van der Waals surface area contributed by atoms with Crippen LogP contribution in [-0.4, -0.2) is 27.0 Å². The van der Waals surface area contributed by atoms with Crippen LogP contribution >= 0.6 is 0 Å². The second-order valence-corrected chi connectivity index (χ2v) is 10.2. The summed E-state index contributed by atoms with van der Waals surface area (Å²) in [5, 5.41) is 18.0. The Morgan fingerprint density at radius 1 is 1.21 bits per heavy atom. The zero-order valence-corrected chi connectivity index (χ0v) is 19.9. The van der Waals surface area contributed by atoms with Crippen LogP contribution in [0.5, 0.6) is 0 Å². The highest BCUT2D eigenvalue weighted by molar-refractivity contribution is 5.92. The first-order valence-electron chi connectivity index (χ1n) is 11.9. The summed E-state index contributed by atoms with van der Waals surface area (Å²) in [6.45, 7) is 7.03. The number of pyridine rings is 1. The highest BCUT2D eigenvalue weighted by Gasteiger charge is 2.41. The minimum atomic E-state index is -1.13. The lowest BCUT2D eigenvalue weighted by Gasteiger charge is -2.48. The van der Waals surface area contributed by atoms with Gasteiger partial charge in [-0.25, -0.2) is 0 Å². The second kappa shape index (κ2) is 10.9. The number of hydrogen-bond donors (Lipinski definition) is 1. The van der Waals surface area contributed by atoms with E-state index in [-0.39, 0.29) is 35.6 Å². The Balaban J connectivity index is 1.60. The van der Waals surface area contributed by atoms with Gasteiger partial charge in [-0.15, -0.1) is 0 Å². The summed E-state index contributed by atoms with van der Waals surface area (Å²) < 4.78 is 5.38. The molecule has 0 aliphatic heterocycles. The first kappa shape index (κ1) is 24.9. The van der Waals surface area contributed by atoms with E-state index in [1.165, 1.54) is 32.1 Å². The van der Waals surface area contributed by atoms with E-state index in [2.05, 4.69) is 41.2 Å². The fourth-order valence-corrected chi connectivity index (χ4v) is 5.06. The van der Waals surface area contributed by atoms with Crippen molar-refractivity contribution < 1.29 is 19.2 Å². The van der Waals surface area contributed by atoms with Gasteiger partial charge in [0.2, 0.25) is 5.89 Å². The van der Waals surface area contributed by atoms with Crippen molar-refractivity contribution in [2.75, 3.05) is 0 Å². The lowest BCUT2D eigenvalue weighted by atomic mass is 9.57. The number of nitrogens with zero attached hydrogens (tertiary/aromatic N) is 3. The van der Waals surface area contributed by atoms with Crippen molar-refractivity contribution in [2.45, 2.75) is 91.0 Å². The molecule has 8 heteroatoms. The van der Waals surface area contributed by atoms with Gasteiger partial charge < -0.3 is 19.7 Å². The van der Waals surface area contributed by atoms with Gasteiger partial charge in [0.05, 0.1) is 6.54 Å². The molecule has 2 aromatic heterocycles. The summed E-state index contributed by atoms with van der Waals surface area (Å²) in [7, 11) is 0. The smallest absolute Gasteiger partial charge is 0.270 e. The van der Waals surface area contributed by atoms with Crippen LogP contribution in [0.4, 0.5) is 0 Å². The van der Waals surface area contributed by atoms with Crippen LogP contribution in [0.1, 0.15) is 107 Å². The zero-order valence-electron chi connectivity index (χ0n) is 19.9. The van der Waals surface area contributed by atoms with E-state index >= 15 is 0 Å². The predicted molar refractivity (Wildman–Crippen MR) is 121 cm³/mol. The van der Waals surface area contributed by atoms with Crippen LogP contribution in [0.15, 0.2) is 28.9 Å². The molecule has 0 radical (unpaired) electrons. The number of carbonyl (C=O) groups is 2. The topological polar surface area (TPSA) is 121 Å². The SMILES string of the molecule is CC(C)(C)C1(CCCC(CC(=O)[O-])c2nc(CNC(=O)c3ccccn3)no2)CCCCC1. The minimum absolute atomic E-state index is 0.0735. The molecule has 1 aliphatic rings. The zero-order chi connectivity index (χ0) is 23.9. The van der Waals surface area contributed by atoms with Gasteiger partial charge in [0.25, 0.3) is 5.91 Å². The minimum Gasteiger partial charge on any atom is -0.550 e. The Bertz CT molecular complexity index is 914. The monoisotopic (exact) mass is 455 g/mol. The van der Waals surface area contributed by atoms with Crippen LogP contribution in [0.2, 0.25) is 0 Å². The maximum atomic E-state index is 12.2. The van der Waals surface area contributed by atoms with Crippen molar-refractivity contribution in [2.24, 2.45) is 10.8 Å². The van der Waals surface area contributed by atoms with Gasteiger partial charge in [-0.1, -0.05) is 57.7 Å². The quantitative estimate of drug-likeness (QED) is 0.578. The number of nitrogens with one attached hydrogen (secondary N) is 1. The van der Waals surface area contributed by atoms with Crippen molar-refractivity contribution in [3.05, 3.63) is 41.8 Å². The molecule has 3 rings (SSSR count). The summed E-state index contributed by atoms with van der Waals surface area (Å²) >= 11 is 0. The molecule has 0 aromatic carbocycles. The normalized spacial score (nSPS) is 16.8. The number of carbonyl (C=O) groups excluding carboxylic acids is 2. The Morgan fingerprint density at radius 3 is 2.61 bits per heavy atom. The number of aliphatic carboxylic acids is 1. The van der Waals surface area contributed by atoms with Crippen LogP contribution in [0.25, 0.3) is 0 Å². The average Bonchev–Trinajstić information content (AvgIpc) is 3.26. The van der Waals surface area contributed by atoms with E-state index < -0.39 is 11.9 Å². The third-order valence-corrected chi connectivity index (χ3v) is 7.16. The summed E-state index contributed by atoms with van der Waals surface area (Å²) in [5.74, 6) is -1.28. The number of carboxylic acid groups (broad SMARTS) is 1. The van der Waals surface area contributed by atoms with Crippen molar-refractivity contribution in [3.8, 4) is 0 Å². The molecule has 0 saturated heterocycles. The second-order valence-electron chi connectivity index (χ2n) is 10.2. The van der Waals surface area contributed by atoms with Crippen LogP contribution in [0, 0.1) is 10.8 Å². The van der Waals surface area contributed by atoms with E-state index in [0.29, 0.717) is 17.9 Å². The molecule has 1 N–H and O–H groups in total. The molecule has 1 amide bonds. The third-order valence-electron chi connectivity index (χ3n) is 7.16. The van der Waals surface area contributed by atoms with Gasteiger partial charge in [0.15, 0.2) is 5.82 Å². The van der Waals surface area contributed by atoms with Crippen LogP contribution in [0.3, 0.4) is 0 Å². The van der Waals surface area contributed by atoms with Gasteiger partial charge in [0, 0.05) is 18.1 Å². The molecule has 2 heterocycles. The van der Waals surface area contributed by atoms with Crippen molar-refractivity contribution in [1.82, 2.24) is 20.4 Å². The predicted octanol–water partition coefficient (Wildman–Crippen LogP) is 3.79. The molecule has 1 unspecified atom stereocenters. The van der Waals surface area contributed by atoms with Gasteiger partial charge in [-0.05, 0) is 55.1 Å². The van der Waals surface area contributed by atoms with E-state index in [1.807, 2.05) is 0 Å². The molecular formula is C25H35N4O4-. The number of carboxylic acids is 1. The van der Waals surface area contributed by atoms with Gasteiger partial charge in [-0.2, -0.15) is 4.98 Å². The highest BCUT2D eigenvalue weighted by atomic mass is 16.5. The molecule has 33 heavy (non-hydrogen) atoms. The molecule has 8 nitrogen and oxygen atoms in total. The van der Waals surface area contributed by atoms with Crippen molar-refractivity contribution in [3.63, 3.8) is 0 Å². The Hall–Kier alpha value is -2.77. The molecule has 0 bridgehead atoms. The third kappa shape index (κ3) is 6.62. The number of hydrogen-bond acceptors (Lipinski definition) is 7.